The lowest BCUT2D eigenvalue weighted by molar-refractivity contribution is 0.500. The van der Waals surface area contributed by atoms with E-state index in [1.54, 1.807) is 18.2 Å². The number of nitrogens with two attached hydrogens (primary N) is 1. The third-order valence-electron chi connectivity index (χ3n) is 6.99. The van der Waals surface area contributed by atoms with Crippen LogP contribution in [0.25, 0.3) is 28.2 Å². The molecule has 38 heavy (non-hydrogen) atoms. The molecule has 190 valence electrons. The van der Waals surface area contributed by atoms with Gasteiger partial charge in [-0.1, -0.05) is 23.2 Å². The van der Waals surface area contributed by atoms with Crippen LogP contribution in [0.15, 0.2) is 47.5 Å². The zero-order chi connectivity index (χ0) is 26.3. The van der Waals surface area contributed by atoms with Gasteiger partial charge in [-0.15, -0.1) is 5.10 Å². The molecule has 2 aromatic carbocycles. The Bertz CT molecular complexity index is 1820. The number of nitrogen functional groups attached to an aromatic ring is 1. The van der Waals surface area contributed by atoms with E-state index in [4.69, 9.17) is 33.9 Å². The molecule has 2 aliphatic rings. The van der Waals surface area contributed by atoms with E-state index in [1.807, 2.05) is 0 Å². The highest BCUT2D eigenvalue weighted by molar-refractivity contribution is 6.33. The second-order valence-corrected chi connectivity index (χ2v) is 10.0. The topological polar surface area (TPSA) is 133 Å². The zero-order valence-corrected chi connectivity index (χ0v) is 20.6. The highest BCUT2D eigenvalue weighted by Crippen LogP contribution is 2.60. The van der Waals surface area contributed by atoms with Crippen molar-refractivity contribution in [2.24, 2.45) is 5.92 Å². The number of aromatic amines is 1. The van der Waals surface area contributed by atoms with Crippen molar-refractivity contribution in [3.63, 3.8) is 0 Å². The number of imidazole rings is 1. The number of hydrogen-bond donors (Lipinski definition) is 2. The quantitative estimate of drug-likeness (QED) is 0.319. The molecule has 1 saturated carbocycles. The van der Waals surface area contributed by atoms with Crippen molar-refractivity contribution in [3.05, 3.63) is 86.5 Å². The van der Waals surface area contributed by atoms with Crippen LogP contribution in [-0.4, -0.2) is 39.7 Å². The van der Waals surface area contributed by atoms with Gasteiger partial charge in [-0.05, 0) is 53.1 Å². The first kappa shape index (κ1) is 23.0. The van der Waals surface area contributed by atoms with E-state index in [0.29, 0.717) is 27.8 Å². The molecular weight excluding hydrogens is 539 g/mol. The van der Waals surface area contributed by atoms with Gasteiger partial charge in [0.05, 0.1) is 28.1 Å². The number of benzene rings is 2. The number of rotatable bonds is 4. The SMILES string of the molecule is Nc1ccc(-c2nc(C3C4CC4c4nc(-c5cc(Cl)ccc5-n5cnnn5)cc(=O)n43)[nH]c2F)c(F)c1Cl. The van der Waals surface area contributed by atoms with Crippen LogP contribution in [0.1, 0.15) is 30.0 Å². The molecule has 0 amide bonds. The average Bonchev–Trinajstić information content (AvgIpc) is 3.20. The molecule has 3 N–H and O–H groups in total. The molecule has 0 bridgehead atoms. The van der Waals surface area contributed by atoms with Crippen LogP contribution in [0.2, 0.25) is 10.0 Å². The normalized spacial score (nSPS) is 19.4. The van der Waals surface area contributed by atoms with Crippen molar-refractivity contribution in [1.29, 1.82) is 0 Å². The summed E-state index contributed by atoms with van der Waals surface area (Å²) < 4.78 is 32.7. The smallest absolute Gasteiger partial charge is 0.254 e. The number of nitrogens with one attached hydrogen (secondary N) is 1. The Kier molecular flexibility index (Phi) is 4.94. The summed E-state index contributed by atoms with van der Waals surface area (Å²) in [4.78, 5) is 25.2. The molecule has 3 aromatic heterocycles. The second kappa shape index (κ2) is 8.17. The number of tetrazole rings is 1. The minimum absolute atomic E-state index is 0.0114. The third kappa shape index (κ3) is 3.37. The van der Waals surface area contributed by atoms with Crippen molar-refractivity contribution >= 4 is 28.9 Å². The zero-order valence-electron chi connectivity index (χ0n) is 19.1. The number of hydrogen-bond acceptors (Lipinski definition) is 7. The second-order valence-electron chi connectivity index (χ2n) is 9.19. The number of H-pyrrole nitrogens is 1. The van der Waals surface area contributed by atoms with Gasteiger partial charge in [-0.3, -0.25) is 9.36 Å². The van der Waals surface area contributed by atoms with Crippen molar-refractivity contribution in [1.82, 2.24) is 39.7 Å². The van der Waals surface area contributed by atoms with E-state index in [2.05, 4.69) is 25.5 Å². The molecular formula is C24H15Cl2F2N9O. The van der Waals surface area contributed by atoms with Gasteiger partial charge < -0.3 is 10.7 Å². The summed E-state index contributed by atoms with van der Waals surface area (Å²) in [7, 11) is 0. The minimum Gasteiger partial charge on any atom is -0.397 e. The molecule has 14 heteroatoms. The summed E-state index contributed by atoms with van der Waals surface area (Å²) in [6, 6.07) is 8.61. The van der Waals surface area contributed by atoms with E-state index in [0.717, 1.165) is 6.42 Å². The molecule has 1 aliphatic carbocycles. The number of anilines is 1. The average molecular weight is 554 g/mol. The lowest BCUT2D eigenvalue weighted by atomic mass is 10.1. The predicted molar refractivity (Wildman–Crippen MR) is 134 cm³/mol. The monoisotopic (exact) mass is 553 g/mol. The third-order valence-corrected chi connectivity index (χ3v) is 7.61. The first-order valence-corrected chi connectivity index (χ1v) is 12.2. The van der Waals surface area contributed by atoms with Crippen molar-refractivity contribution in [2.75, 3.05) is 5.73 Å². The summed E-state index contributed by atoms with van der Waals surface area (Å²) in [6.45, 7) is 0. The van der Waals surface area contributed by atoms with Gasteiger partial charge in [-0.25, -0.2) is 14.4 Å². The van der Waals surface area contributed by atoms with Crippen LogP contribution in [0.3, 0.4) is 0 Å². The fourth-order valence-electron chi connectivity index (χ4n) is 5.18. The Morgan fingerprint density at radius 2 is 1.92 bits per heavy atom. The predicted octanol–water partition coefficient (Wildman–Crippen LogP) is 4.15. The summed E-state index contributed by atoms with van der Waals surface area (Å²) in [5, 5.41) is 11.4. The van der Waals surface area contributed by atoms with Crippen LogP contribution in [0.5, 0.6) is 0 Å². The van der Waals surface area contributed by atoms with E-state index < -0.39 is 17.8 Å². The molecule has 10 nitrogen and oxygen atoms in total. The fraction of sp³-hybridized carbons (Fsp3) is 0.167. The highest BCUT2D eigenvalue weighted by atomic mass is 35.5. The van der Waals surface area contributed by atoms with Gasteiger partial charge in [0.25, 0.3) is 5.56 Å². The van der Waals surface area contributed by atoms with Crippen LogP contribution in [0.4, 0.5) is 14.5 Å². The molecule has 7 rings (SSSR count). The van der Waals surface area contributed by atoms with Gasteiger partial charge in [0, 0.05) is 28.1 Å². The standard InChI is InChI=1S/C24H15Cl2F2N9O/c25-9-1-4-16(36-8-30-34-35-36)13(5-9)15-7-17(38)37-21(11-6-12(11)24(37)31-15)23-32-20(22(28)33-23)10-2-3-14(29)18(26)19(10)27/h1-5,7-8,11-12,21H,6,29H2,(H,32,33). The molecule has 0 saturated heterocycles. The summed E-state index contributed by atoms with van der Waals surface area (Å²) in [6.07, 6.45) is 2.18. The lowest BCUT2D eigenvalue weighted by Gasteiger charge is -2.16. The molecule has 0 radical (unpaired) electrons. The lowest BCUT2D eigenvalue weighted by Crippen LogP contribution is -2.27. The largest absolute Gasteiger partial charge is 0.397 e. The molecule has 0 spiro atoms. The Labute approximate surface area is 222 Å². The van der Waals surface area contributed by atoms with E-state index in [-0.39, 0.29) is 45.2 Å². The molecule has 5 aromatic rings. The molecule has 3 unspecified atom stereocenters. The minimum atomic E-state index is -0.872. The van der Waals surface area contributed by atoms with Crippen molar-refractivity contribution < 1.29 is 8.78 Å². The Morgan fingerprint density at radius 1 is 1.08 bits per heavy atom. The van der Waals surface area contributed by atoms with E-state index in [9.17, 15) is 13.6 Å². The van der Waals surface area contributed by atoms with Crippen molar-refractivity contribution in [2.45, 2.75) is 18.4 Å². The molecule has 4 heterocycles. The molecule has 1 aliphatic heterocycles. The number of aromatic nitrogens is 8. The summed E-state index contributed by atoms with van der Waals surface area (Å²) in [5.74, 6) is -0.976. The van der Waals surface area contributed by atoms with Crippen LogP contribution in [-0.2, 0) is 0 Å². The number of fused-ring (bicyclic) bond motifs is 3. The Morgan fingerprint density at radius 3 is 2.71 bits per heavy atom. The maximum absolute atomic E-state index is 15.0. The van der Waals surface area contributed by atoms with Gasteiger partial charge in [0.2, 0.25) is 5.95 Å². The summed E-state index contributed by atoms with van der Waals surface area (Å²) >= 11 is 12.2. The molecule has 1 fully saturated rings. The van der Waals surface area contributed by atoms with E-state index in [1.165, 1.54) is 33.8 Å². The van der Waals surface area contributed by atoms with Gasteiger partial charge >= 0.3 is 0 Å². The van der Waals surface area contributed by atoms with Gasteiger partial charge in [-0.2, -0.15) is 9.07 Å². The first-order chi connectivity index (χ1) is 18.3. The Hall–Kier alpha value is -4.16. The van der Waals surface area contributed by atoms with Crippen molar-refractivity contribution in [3.8, 4) is 28.2 Å². The Balaban J connectivity index is 1.33. The maximum atomic E-state index is 15.0. The van der Waals surface area contributed by atoms with Crippen LogP contribution in [0, 0.1) is 17.7 Å². The molecule has 3 atom stereocenters. The number of nitrogens with zero attached hydrogens (tertiary/aromatic N) is 7. The first-order valence-electron chi connectivity index (χ1n) is 11.5. The number of halogens is 4. The maximum Gasteiger partial charge on any atom is 0.254 e. The summed E-state index contributed by atoms with van der Waals surface area (Å²) in [5.41, 5.74) is 6.54. The van der Waals surface area contributed by atoms with Crippen LogP contribution >= 0.6 is 23.2 Å². The van der Waals surface area contributed by atoms with Crippen LogP contribution < -0.4 is 11.3 Å². The van der Waals surface area contributed by atoms with Gasteiger partial charge in [0.1, 0.15) is 23.7 Å². The fourth-order valence-corrected chi connectivity index (χ4v) is 5.52. The van der Waals surface area contributed by atoms with E-state index >= 15 is 0 Å². The highest BCUT2D eigenvalue weighted by Gasteiger charge is 2.55. The van der Waals surface area contributed by atoms with Gasteiger partial charge in [0.15, 0.2) is 5.82 Å².